The van der Waals surface area contributed by atoms with Gasteiger partial charge in [0.2, 0.25) is 0 Å². The largest absolute Gasteiger partial charge is 0.389 e. The van der Waals surface area contributed by atoms with Gasteiger partial charge in [-0.25, -0.2) is 0 Å². The molecule has 1 fully saturated rings. The van der Waals surface area contributed by atoms with E-state index in [-0.39, 0.29) is 6.10 Å². The van der Waals surface area contributed by atoms with Crippen molar-refractivity contribution in [3.05, 3.63) is 23.8 Å². The Morgan fingerprint density at radius 3 is 2.80 bits per heavy atom. The fraction of sp³-hybridized carbons (Fsp3) is 0.364. The van der Waals surface area contributed by atoms with Crippen LogP contribution in [0.15, 0.2) is 23.1 Å². The molecule has 0 aromatic heterocycles. The van der Waals surface area contributed by atoms with Crippen molar-refractivity contribution < 1.29 is 5.11 Å². The fourth-order valence-electron chi connectivity index (χ4n) is 1.72. The molecule has 1 aromatic rings. The Balaban J connectivity index is 2.35. The SMILES string of the molecule is CSc1cccc(N2CC(O)C2)c1C#N. The van der Waals surface area contributed by atoms with E-state index in [1.54, 1.807) is 11.8 Å². The topological polar surface area (TPSA) is 47.3 Å². The van der Waals surface area contributed by atoms with E-state index >= 15 is 0 Å². The molecular formula is C11H12N2OS. The van der Waals surface area contributed by atoms with Crippen molar-refractivity contribution in [1.29, 1.82) is 5.26 Å². The van der Waals surface area contributed by atoms with Crippen molar-refractivity contribution in [3.8, 4) is 6.07 Å². The second-order valence-electron chi connectivity index (χ2n) is 3.53. The second kappa shape index (κ2) is 4.13. The van der Waals surface area contributed by atoms with Crippen molar-refractivity contribution in [2.45, 2.75) is 11.0 Å². The lowest BCUT2D eigenvalue weighted by atomic mass is 10.1. The summed E-state index contributed by atoms with van der Waals surface area (Å²) in [5, 5.41) is 18.4. The highest BCUT2D eigenvalue weighted by molar-refractivity contribution is 7.98. The molecule has 0 aliphatic carbocycles. The van der Waals surface area contributed by atoms with Crippen molar-refractivity contribution in [3.63, 3.8) is 0 Å². The molecule has 0 unspecified atom stereocenters. The van der Waals surface area contributed by atoms with Crippen LogP contribution in [0.3, 0.4) is 0 Å². The number of anilines is 1. The molecule has 0 amide bonds. The number of rotatable bonds is 2. The summed E-state index contributed by atoms with van der Waals surface area (Å²) >= 11 is 1.58. The van der Waals surface area contributed by atoms with Crippen LogP contribution in [0.5, 0.6) is 0 Å². The third-order valence-electron chi connectivity index (χ3n) is 2.54. The van der Waals surface area contributed by atoms with Crippen LogP contribution in [0.1, 0.15) is 5.56 Å². The number of aliphatic hydroxyl groups excluding tert-OH is 1. The number of thioether (sulfide) groups is 1. The molecule has 0 spiro atoms. The van der Waals surface area contributed by atoms with Crippen LogP contribution in [-0.2, 0) is 0 Å². The van der Waals surface area contributed by atoms with Crippen molar-refractivity contribution in [2.24, 2.45) is 0 Å². The van der Waals surface area contributed by atoms with Crippen LogP contribution in [0.4, 0.5) is 5.69 Å². The van der Waals surface area contributed by atoms with Crippen LogP contribution in [-0.4, -0.2) is 30.6 Å². The monoisotopic (exact) mass is 220 g/mol. The number of nitriles is 1. The van der Waals surface area contributed by atoms with Crippen molar-refractivity contribution in [1.82, 2.24) is 0 Å². The van der Waals surface area contributed by atoms with Crippen LogP contribution >= 0.6 is 11.8 Å². The molecule has 1 aromatic carbocycles. The minimum absolute atomic E-state index is 0.241. The summed E-state index contributed by atoms with van der Waals surface area (Å²) in [7, 11) is 0. The maximum Gasteiger partial charge on any atom is 0.103 e. The lowest BCUT2D eigenvalue weighted by Gasteiger charge is -2.38. The van der Waals surface area contributed by atoms with Gasteiger partial charge in [-0.05, 0) is 18.4 Å². The van der Waals surface area contributed by atoms with Gasteiger partial charge >= 0.3 is 0 Å². The van der Waals surface area contributed by atoms with E-state index in [9.17, 15) is 5.11 Å². The van der Waals surface area contributed by atoms with Crippen LogP contribution in [0.2, 0.25) is 0 Å². The third-order valence-corrected chi connectivity index (χ3v) is 3.32. The van der Waals surface area contributed by atoms with Gasteiger partial charge in [-0.15, -0.1) is 11.8 Å². The van der Waals surface area contributed by atoms with E-state index in [4.69, 9.17) is 5.26 Å². The first-order valence-electron chi connectivity index (χ1n) is 4.76. The summed E-state index contributed by atoms with van der Waals surface area (Å²) < 4.78 is 0. The molecule has 1 N–H and O–H groups in total. The van der Waals surface area contributed by atoms with Gasteiger partial charge in [0.15, 0.2) is 0 Å². The summed E-state index contributed by atoms with van der Waals surface area (Å²) in [6, 6.07) is 8.07. The van der Waals surface area contributed by atoms with Crippen LogP contribution < -0.4 is 4.90 Å². The van der Waals surface area contributed by atoms with Gasteiger partial charge in [0, 0.05) is 18.0 Å². The molecule has 4 heteroatoms. The molecule has 15 heavy (non-hydrogen) atoms. The molecule has 78 valence electrons. The van der Waals surface area contributed by atoms with Gasteiger partial charge < -0.3 is 10.0 Å². The highest BCUT2D eigenvalue weighted by Gasteiger charge is 2.26. The summed E-state index contributed by atoms with van der Waals surface area (Å²) in [5.41, 5.74) is 1.66. The highest BCUT2D eigenvalue weighted by Crippen LogP contribution is 2.31. The van der Waals surface area contributed by atoms with Gasteiger partial charge in [-0.2, -0.15) is 5.26 Å². The lowest BCUT2D eigenvalue weighted by Crippen LogP contribution is -2.51. The average molecular weight is 220 g/mol. The first-order valence-corrected chi connectivity index (χ1v) is 5.99. The van der Waals surface area contributed by atoms with Gasteiger partial charge in [0.25, 0.3) is 0 Å². The number of nitrogens with zero attached hydrogens (tertiary/aromatic N) is 2. The lowest BCUT2D eigenvalue weighted by molar-refractivity contribution is 0.142. The zero-order chi connectivity index (χ0) is 10.8. The normalized spacial score (nSPS) is 15.9. The molecule has 0 radical (unpaired) electrons. The number of hydrogen-bond donors (Lipinski definition) is 1. The Labute approximate surface area is 93.3 Å². The summed E-state index contributed by atoms with van der Waals surface area (Å²) in [5.74, 6) is 0. The molecule has 1 aliphatic rings. The van der Waals surface area contributed by atoms with Gasteiger partial charge in [-0.1, -0.05) is 6.07 Å². The summed E-state index contributed by atoms with van der Waals surface area (Å²) in [6.45, 7) is 1.26. The summed E-state index contributed by atoms with van der Waals surface area (Å²) in [6.07, 6.45) is 1.72. The van der Waals surface area contributed by atoms with Crippen LogP contribution in [0.25, 0.3) is 0 Å². The average Bonchev–Trinajstić information content (AvgIpc) is 2.23. The Bertz CT molecular complexity index is 408. The molecule has 0 saturated carbocycles. The highest BCUT2D eigenvalue weighted by atomic mass is 32.2. The number of aliphatic hydroxyl groups is 1. The maximum absolute atomic E-state index is 9.24. The van der Waals surface area contributed by atoms with Gasteiger partial charge in [0.05, 0.1) is 17.4 Å². The molecule has 1 aliphatic heterocycles. The standard InChI is InChI=1S/C11H12N2OS/c1-15-11-4-2-3-10(9(11)5-12)13-6-8(14)7-13/h2-4,8,14H,6-7H2,1H3. The summed E-state index contributed by atoms with van der Waals surface area (Å²) in [4.78, 5) is 3.03. The van der Waals surface area contributed by atoms with E-state index in [0.717, 1.165) is 16.1 Å². The predicted octanol–water partition coefficient (Wildman–Crippen LogP) is 1.46. The minimum Gasteiger partial charge on any atom is -0.389 e. The van der Waals surface area contributed by atoms with E-state index < -0.39 is 0 Å². The fourth-order valence-corrected chi connectivity index (χ4v) is 2.29. The number of benzene rings is 1. The quantitative estimate of drug-likeness (QED) is 0.767. The molecule has 2 rings (SSSR count). The Morgan fingerprint density at radius 1 is 1.53 bits per heavy atom. The first-order chi connectivity index (χ1) is 7.26. The molecule has 0 bridgehead atoms. The van der Waals surface area contributed by atoms with E-state index in [1.807, 2.05) is 29.4 Å². The van der Waals surface area contributed by atoms with Crippen molar-refractivity contribution in [2.75, 3.05) is 24.2 Å². The predicted molar refractivity (Wildman–Crippen MR) is 61.2 cm³/mol. The number of β-amino-alcohol motifs (C(OH)–C–C–N with tert-alkyl or cyclic N) is 1. The van der Waals surface area contributed by atoms with Crippen molar-refractivity contribution >= 4 is 17.4 Å². The molecule has 3 nitrogen and oxygen atoms in total. The zero-order valence-electron chi connectivity index (χ0n) is 8.47. The Morgan fingerprint density at radius 2 is 2.27 bits per heavy atom. The zero-order valence-corrected chi connectivity index (χ0v) is 9.29. The van der Waals surface area contributed by atoms with Crippen LogP contribution in [0, 0.1) is 11.3 Å². The second-order valence-corrected chi connectivity index (χ2v) is 4.37. The Kier molecular flexibility index (Phi) is 2.85. The molecular weight excluding hydrogens is 208 g/mol. The smallest absolute Gasteiger partial charge is 0.103 e. The maximum atomic E-state index is 9.24. The molecule has 0 atom stereocenters. The van der Waals surface area contributed by atoms with E-state index in [0.29, 0.717) is 13.1 Å². The van der Waals surface area contributed by atoms with E-state index in [2.05, 4.69) is 6.07 Å². The minimum atomic E-state index is -0.241. The first kappa shape index (κ1) is 10.3. The van der Waals surface area contributed by atoms with Gasteiger partial charge in [-0.3, -0.25) is 0 Å². The third kappa shape index (κ3) is 1.81. The molecule has 1 heterocycles. The van der Waals surface area contributed by atoms with Gasteiger partial charge in [0.1, 0.15) is 6.07 Å². The molecule has 1 saturated heterocycles. The Hall–Kier alpha value is -1.18. The number of hydrogen-bond acceptors (Lipinski definition) is 4. The van der Waals surface area contributed by atoms with E-state index in [1.165, 1.54) is 0 Å².